The average molecular weight is 233 g/mol. The minimum absolute atomic E-state index is 0.905. The van der Waals surface area contributed by atoms with Crippen LogP contribution in [0.25, 0.3) is 0 Å². The Morgan fingerprint density at radius 2 is 2.06 bits per heavy atom. The highest BCUT2D eigenvalue weighted by molar-refractivity contribution is 5.27. The molecule has 0 amide bonds. The van der Waals surface area contributed by atoms with Crippen molar-refractivity contribution in [1.29, 1.82) is 0 Å². The first kappa shape index (κ1) is 12.4. The van der Waals surface area contributed by atoms with E-state index in [0.717, 1.165) is 18.2 Å². The van der Waals surface area contributed by atoms with E-state index in [0.29, 0.717) is 0 Å². The molecule has 94 valence electrons. The topological polar surface area (TPSA) is 12.5 Å². The average Bonchev–Trinajstić information content (AvgIpc) is 2.40. The molecule has 1 unspecified atom stereocenters. The molecule has 2 nitrogen and oxygen atoms in total. The minimum Gasteiger partial charge on any atom is -0.497 e. The van der Waals surface area contributed by atoms with Crippen molar-refractivity contribution in [2.24, 2.45) is 5.92 Å². The molecule has 0 aromatic heterocycles. The van der Waals surface area contributed by atoms with Crippen molar-refractivity contribution in [3.63, 3.8) is 0 Å². The summed E-state index contributed by atoms with van der Waals surface area (Å²) < 4.78 is 5.18. The summed E-state index contributed by atoms with van der Waals surface area (Å²) in [6, 6.07) is 8.45. The Morgan fingerprint density at radius 1 is 1.29 bits per heavy atom. The van der Waals surface area contributed by atoms with E-state index in [4.69, 9.17) is 4.74 Å². The lowest BCUT2D eigenvalue weighted by molar-refractivity contribution is 0.164. The first-order chi connectivity index (χ1) is 8.31. The summed E-state index contributed by atoms with van der Waals surface area (Å²) in [5.41, 5.74) is 1.39. The van der Waals surface area contributed by atoms with Crippen LogP contribution in [0.3, 0.4) is 0 Å². The van der Waals surface area contributed by atoms with Gasteiger partial charge in [-0.2, -0.15) is 0 Å². The van der Waals surface area contributed by atoms with Gasteiger partial charge in [0.2, 0.25) is 0 Å². The van der Waals surface area contributed by atoms with Gasteiger partial charge in [-0.05, 0) is 43.0 Å². The number of hydrogen-bond donors (Lipinski definition) is 0. The fourth-order valence-electron chi connectivity index (χ4n) is 2.62. The molecule has 0 bridgehead atoms. The molecule has 0 spiro atoms. The van der Waals surface area contributed by atoms with E-state index in [9.17, 15) is 0 Å². The van der Waals surface area contributed by atoms with Crippen molar-refractivity contribution in [3.05, 3.63) is 29.8 Å². The molecule has 1 atom stereocenters. The molecule has 0 N–H and O–H groups in total. The van der Waals surface area contributed by atoms with Crippen molar-refractivity contribution in [1.82, 2.24) is 4.90 Å². The number of methoxy groups -OCH3 is 1. The Bertz CT molecular complexity index is 333. The standard InChI is InChI=1S/C15H23NO/c1-3-13-5-4-10-16(11-13)12-14-6-8-15(17-2)9-7-14/h6-9,13H,3-5,10-12H2,1-2H3. The third-order valence-electron chi connectivity index (χ3n) is 3.75. The van der Waals surface area contributed by atoms with Gasteiger partial charge in [0.1, 0.15) is 5.75 Å². The molecule has 2 heteroatoms. The normalized spacial score (nSPS) is 21.4. The Morgan fingerprint density at radius 3 is 2.71 bits per heavy atom. The molecule has 1 aromatic rings. The van der Waals surface area contributed by atoms with E-state index < -0.39 is 0 Å². The third-order valence-corrected chi connectivity index (χ3v) is 3.75. The third kappa shape index (κ3) is 3.47. The Balaban J connectivity index is 1.90. The van der Waals surface area contributed by atoms with E-state index in [-0.39, 0.29) is 0 Å². The van der Waals surface area contributed by atoms with Crippen LogP contribution in [0.15, 0.2) is 24.3 Å². The first-order valence-corrected chi connectivity index (χ1v) is 6.67. The number of rotatable bonds is 4. The second kappa shape index (κ2) is 6.06. The zero-order chi connectivity index (χ0) is 12.1. The van der Waals surface area contributed by atoms with E-state index >= 15 is 0 Å². The lowest BCUT2D eigenvalue weighted by atomic mass is 9.95. The molecule has 0 saturated carbocycles. The van der Waals surface area contributed by atoms with Crippen molar-refractivity contribution in [3.8, 4) is 5.75 Å². The highest BCUT2D eigenvalue weighted by Gasteiger charge is 2.18. The number of ether oxygens (including phenoxy) is 1. The fraction of sp³-hybridized carbons (Fsp3) is 0.600. The second-order valence-electron chi connectivity index (χ2n) is 5.00. The van der Waals surface area contributed by atoms with Crippen LogP contribution in [0.5, 0.6) is 5.75 Å². The SMILES string of the molecule is CCC1CCCN(Cc2ccc(OC)cc2)C1. The number of likely N-dealkylation sites (tertiary alicyclic amines) is 1. The lowest BCUT2D eigenvalue weighted by Gasteiger charge is -2.32. The highest BCUT2D eigenvalue weighted by atomic mass is 16.5. The molecular weight excluding hydrogens is 210 g/mol. The van der Waals surface area contributed by atoms with E-state index in [1.54, 1.807) is 7.11 Å². The van der Waals surface area contributed by atoms with Gasteiger partial charge < -0.3 is 4.74 Å². The highest BCUT2D eigenvalue weighted by Crippen LogP contribution is 2.21. The number of nitrogens with zero attached hydrogens (tertiary/aromatic N) is 1. The quantitative estimate of drug-likeness (QED) is 0.791. The van der Waals surface area contributed by atoms with E-state index in [2.05, 4.69) is 36.1 Å². The van der Waals surface area contributed by atoms with Crippen LogP contribution in [0.2, 0.25) is 0 Å². The van der Waals surface area contributed by atoms with Crippen LogP contribution in [0.4, 0.5) is 0 Å². The zero-order valence-corrected chi connectivity index (χ0v) is 11.0. The summed E-state index contributed by atoms with van der Waals surface area (Å²) in [5.74, 6) is 1.85. The molecule has 1 heterocycles. The lowest BCUT2D eigenvalue weighted by Crippen LogP contribution is -2.34. The summed E-state index contributed by atoms with van der Waals surface area (Å²) in [4.78, 5) is 2.58. The first-order valence-electron chi connectivity index (χ1n) is 6.67. The van der Waals surface area contributed by atoms with Gasteiger partial charge in [-0.3, -0.25) is 4.90 Å². The second-order valence-corrected chi connectivity index (χ2v) is 5.00. The molecule has 1 aromatic carbocycles. The maximum absolute atomic E-state index is 5.18. The number of benzene rings is 1. The van der Waals surface area contributed by atoms with Crippen molar-refractivity contribution >= 4 is 0 Å². The Labute approximate surface area is 105 Å². The largest absolute Gasteiger partial charge is 0.497 e. The van der Waals surface area contributed by atoms with Crippen LogP contribution >= 0.6 is 0 Å². The molecule has 17 heavy (non-hydrogen) atoms. The predicted octanol–water partition coefficient (Wildman–Crippen LogP) is 3.32. The van der Waals surface area contributed by atoms with Crippen LogP contribution < -0.4 is 4.74 Å². The van der Waals surface area contributed by atoms with Crippen LogP contribution in [0, 0.1) is 5.92 Å². The minimum atomic E-state index is 0.905. The van der Waals surface area contributed by atoms with Gasteiger partial charge in [-0.15, -0.1) is 0 Å². The summed E-state index contributed by atoms with van der Waals surface area (Å²) in [5, 5.41) is 0. The van der Waals surface area contributed by atoms with Crippen molar-refractivity contribution in [2.75, 3.05) is 20.2 Å². The Kier molecular flexibility index (Phi) is 4.43. The van der Waals surface area contributed by atoms with Gasteiger partial charge in [0.25, 0.3) is 0 Å². The molecule has 0 radical (unpaired) electrons. The molecule has 1 aliphatic rings. The number of piperidine rings is 1. The summed E-state index contributed by atoms with van der Waals surface area (Å²) in [6.07, 6.45) is 4.09. The van der Waals surface area contributed by atoms with Crippen LogP contribution in [0.1, 0.15) is 31.7 Å². The maximum Gasteiger partial charge on any atom is 0.118 e. The zero-order valence-electron chi connectivity index (χ0n) is 11.0. The fourth-order valence-corrected chi connectivity index (χ4v) is 2.62. The molecule has 0 aliphatic carbocycles. The number of hydrogen-bond acceptors (Lipinski definition) is 2. The van der Waals surface area contributed by atoms with Gasteiger partial charge in [-0.1, -0.05) is 25.5 Å². The van der Waals surface area contributed by atoms with E-state index in [1.165, 1.54) is 37.9 Å². The van der Waals surface area contributed by atoms with Gasteiger partial charge in [0.15, 0.2) is 0 Å². The Hall–Kier alpha value is -1.02. The molecule has 1 saturated heterocycles. The van der Waals surface area contributed by atoms with E-state index in [1.807, 2.05) is 0 Å². The van der Waals surface area contributed by atoms with Gasteiger partial charge in [0.05, 0.1) is 7.11 Å². The molecule has 1 aliphatic heterocycles. The van der Waals surface area contributed by atoms with Gasteiger partial charge >= 0.3 is 0 Å². The van der Waals surface area contributed by atoms with Crippen molar-refractivity contribution in [2.45, 2.75) is 32.7 Å². The van der Waals surface area contributed by atoms with Crippen LogP contribution in [-0.2, 0) is 6.54 Å². The molecular formula is C15H23NO. The maximum atomic E-state index is 5.18. The molecule has 1 fully saturated rings. The summed E-state index contributed by atoms with van der Waals surface area (Å²) in [7, 11) is 1.71. The monoisotopic (exact) mass is 233 g/mol. The van der Waals surface area contributed by atoms with Crippen molar-refractivity contribution < 1.29 is 4.74 Å². The van der Waals surface area contributed by atoms with Gasteiger partial charge in [0, 0.05) is 13.1 Å². The van der Waals surface area contributed by atoms with Crippen LogP contribution in [-0.4, -0.2) is 25.1 Å². The molecule has 2 rings (SSSR count). The summed E-state index contributed by atoms with van der Waals surface area (Å²) >= 11 is 0. The predicted molar refractivity (Wildman–Crippen MR) is 71.3 cm³/mol. The summed E-state index contributed by atoms with van der Waals surface area (Å²) in [6.45, 7) is 5.91. The van der Waals surface area contributed by atoms with Gasteiger partial charge in [-0.25, -0.2) is 0 Å². The smallest absolute Gasteiger partial charge is 0.118 e.